The molecule has 0 fully saturated rings. The van der Waals surface area contributed by atoms with Gasteiger partial charge in [-0.25, -0.2) is 8.42 Å². The second-order valence-electron chi connectivity index (χ2n) is 4.35. The third-order valence-corrected chi connectivity index (χ3v) is 5.98. The molecule has 21 heavy (non-hydrogen) atoms. The lowest BCUT2D eigenvalue weighted by molar-refractivity contribution is 0.350. The minimum atomic E-state index is -3.45. The molecule has 0 aliphatic heterocycles. The summed E-state index contributed by atoms with van der Waals surface area (Å²) in [5.74, 6) is 5.38. The highest BCUT2D eigenvalue weighted by molar-refractivity contribution is 7.91. The largest absolute Gasteiger partial charge is 0.384 e. The molecule has 0 unspecified atom stereocenters. The third-order valence-electron chi connectivity index (χ3n) is 2.80. The zero-order valence-corrected chi connectivity index (χ0v) is 13.1. The van der Waals surface area contributed by atoms with Gasteiger partial charge in [0.25, 0.3) is 10.0 Å². The molecule has 4 nitrogen and oxygen atoms in total. The molecule has 110 valence electrons. The van der Waals surface area contributed by atoms with Gasteiger partial charge in [-0.05, 0) is 29.1 Å². The summed E-state index contributed by atoms with van der Waals surface area (Å²) in [5.41, 5.74) is 1.60. The molecule has 0 amide bonds. The first-order chi connectivity index (χ1) is 10.0. The molecule has 1 N–H and O–H groups in total. The molecule has 2 aromatic rings. The molecular formula is C15H15NO3S2. The van der Waals surface area contributed by atoms with E-state index in [0.717, 1.165) is 11.1 Å². The zero-order chi connectivity index (χ0) is 15.3. The highest BCUT2D eigenvalue weighted by Gasteiger charge is 2.21. The first-order valence-corrected chi connectivity index (χ1v) is 8.54. The van der Waals surface area contributed by atoms with E-state index in [2.05, 4.69) is 11.8 Å². The third kappa shape index (κ3) is 3.93. The van der Waals surface area contributed by atoms with Gasteiger partial charge >= 0.3 is 0 Å². The van der Waals surface area contributed by atoms with E-state index in [1.807, 2.05) is 24.3 Å². The lowest BCUT2D eigenvalue weighted by atomic mass is 10.1. The van der Waals surface area contributed by atoms with E-state index >= 15 is 0 Å². The van der Waals surface area contributed by atoms with E-state index in [-0.39, 0.29) is 13.2 Å². The van der Waals surface area contributed by atoms with Crippen LogP contribution in [0.3, 0.4) is 0 Å². The smallest absolute Gasteiger partial charge is 0.252 e. The Bertz CT molecular complexity index is 756. The number of aliphatic hydroxyl groups is 1. The highest BCUT2D eigenvalue weighted by Crippen LogP contribution is 2.21. The van der Waals surface area contributed by atoms with Crippen molar-refractivity contribution in [2.24, 2.45) is 0 Å². The maximum absolute atomic E-state index is 12.3. The molecule has 1 heterocycles. The fourth-order valence-corrected chi connectivity index (χ4v) is 4.15. The van der Waals surface area contributed by atoms with Crippen LogP contribution in [0.25, 0.3) is 0 Å². The summed E-state index contributed by atoms with van der Waals surface area (Å²) in [6, 6.07) is 10.6. The quantitative estimate of drug-likeness (QED) is 0.875. The maximum Gasteiger partial charge on any atom is 0.252 e. The molecular weight excluding hydrogens is 306 g/mol. The number of rotatable bonds is 4. The summed E-state index contributed by atoms with van der Waals surface area (Å²) >= 11 is 1.20. The summed E-state index contributed by atoms with van der Waals surface area (Å²) in [6.07, 6.45) is 0. The zero-order valence-electron chi connectivity index (χ0n) is 11.5. The van der Waals surface area contributed by atoms with Crippen LogP contribution in [-0.4, -0.2) is 31.5 Å². The van der Waals surface area contributed by atoms with Crippen molar-refractivity contribution < 1.29 is 13.5 Å². The maximum atomic E-state index is 12.3. The van der Waals surface area contributed by atoms with Crippen LogP contribution < -0.4 is 0 Å². The normalized spacial score (nSPS) is 11.2. The van der Waals surface area contributed by atoms with Gasteiger partial charge in [0.1, 0.15) is 10.8 Å². The number of aliphatic hydroxyl groups excluding tert-OH is 1. The van der Waals surface area contributed by atoms with Gasteiger partial charge in [-0.2, -0.15) is 4.31 Å². The van der Waals surface area contributed by atoms with Crippen LogP contribution in [0.2, 0.25) is 0 Å². The Hall–Kier alpha value is -1.65. The van der Waals surface area contributed by atoms with Crippen LogP contribution in [-0.2, 0) is 16.6 Å². The number of benzene rings is 1. The predicted molar refractivity (Wildman–Crippen MR) is 83.4 cm³/mol. The summed E-state index contributed by atoms with van der Waals surface area (Å²) in [7, 11) is -1.89. The Kier molecular flexibility index (Phi) is 5.15. The second kappa shape index (κ2) is 6.87. The van der Waals surface area contributed by atoms with Crippen molar-refractivity contribution in [2.45, 2.75) is 10.8 Å². The summed E-state index contributed by atoms with van der Waals surface area (Å²) < 4.78 is 26.3. The number of hydrogen-bond donors (Lipinski definition) is 1. The van der Waals surface area contributed by atoms with Crippen molar-refractivity contribution in [3.05, 3.63) is 52.9 Å². The van der Waals surface area contributed by atoms with Gasteiger partial charge in [-0.1, -0.05) is 30.0 Å². The van der Waals surface area contributed by atoms with Crippen LogP contribution >= 0.6 is 11.3 Å². The van der Waals surface area contributed by atoms with Gasteiger partial charge in [-0.3, -0.25) is 0 Å². The Balaban J connectivity index is 2.18. The van der Waals surface area contributed by atoms with Crippen molar-refractivity contribution in [1.29, 1.82) is 0 Å². The average Bonchev–Trinajstić information content (AvgIpc) is 3.00. The fourth-order valence-electron chi connectivity index (χ4n) is 1.79. The van der Waals surface area contributed by atoms with E-state index in [4.69, 9.17) is 5.11 Å². The van der Waals surface area contributed by atoms with Gasteiger partial charge in [-0.15, -0.1) is 11.3 Å². The lowest BCUT2D eigenvalue weighted by Crippen LogP contribution is -2.25. The van der Waals surface area contributed by atoms with Gasteiger partial charge in [0.15, 0.2) is 0 Å². The van der Waals surface area contributed by atoms with Crippen molar-refractivity contribution >= 4 is 21.4 Å². The molecule has 0 aliphatic carbocycles. The molecule has 0 aliphatic rings. The van der Waals surface area contributed by atoms with E-state index in [9.17, 15) is 8.42 Å². The molecule has 0 radical (unpaired) electrons. The second-order valence-corrected chi connectivity index (χ2v) is 7.57. The number of thiophene rings is 1. The number of nitrogens with zero attached hydrogens (tertiary/aromatic N) is 1. The summed E-state index contributed by atoms with van der Waals surface area (Å²) in [6.45, 7) is 0.0752. The van der Waals surface area contributed by atoms with Gasteiger partial charge in [0.05, 0.1) is 0 Å². The van der Waals surface area contributed by atoms with E-state index in [1.54, 1.807) is 24.6 Å². The van der Waals surface area contributed by atoms with Gasteiger partial charge < -0.3 is 5.11 Å². The molecule has 0 saturated carbocycles. The molecule has 0 bridgehead atoms. The van der Waals surface area contributed by atoms with Crippen LogP contribution in [0, 0.1) is 11.8 Å². The fraction of sp³-hybridized carbons (Fsp3) is 0.200. The Morgan fingerprint density at radius 3 is 2.76 bits per heavy atom. The molecule has 0 spiro atoms. The highest BCUT2D eigenvalue weighted by atomic mass is 32.2. The van der Waals surface area contributed by atoms with E-state index in [1.165, 1.54) is 15.6 Å². The van der Waals surface area contributed by atoms with Crippen LogP contribution in [0.4, 0.5) is 0 Å². The number of hydrogen-bond acceptors (Lipinski definition) is 4. The Labute approximate surface area is 128 Å². The van der Waals surface area contributed by atoms with E-state index in [0.29, 0.717) is 4.21 Å². The lowest BCUT2D eigenvalue weighted by Gasteiger charge is -2.16. The minimum absolute atomic E-state index is 0.198. The van der Waals surface area contributed by atoms with Crippen molar-refractivity contribution in [3.8, 4) is 11.8 Å². The summed E-state index contributed by atoms with van der Waals surface area (Å²) in [4.78, 5) is 0. The minimum Gasteiger partial charge on any atom is -0.384 e. The van der Waals surface area contributed by atoms with E-state index < -0.39 is 10.0 Å². The molecule has 1 aromatic heterocycles. The van der Waals surface area contributed by atoms with Gasteiger partial charge in [0.2, 0.25) is 0 Å². The SMILES string of the molecule is CN(Cc1cccc(C#CCO)c1)S(=O)(=O)c1cccs1. The van der Waals surface area contributed by atoms with Crippen LogP contribution in [0.15, 0.2) is 46.0 Å². The first-order valence-electron chi connectivity index (χ1n) is 6.22. The van der Waals surface area contributed by atoms with Crippen molar-refractivity contribution in [1.82, 2.24) is 4.31 Å². The monoisotopic (exact) mass is 321 g/mol. The van der Waals surface area contributed by atoms with Crippen LogP contribution in [0.1, 0.15) is 11.1 Å². The molecule has 1 aromatic carbocycles. The standard InChI is InChI=1S/C15H15NO3S2/c1-16(21(18,19)15-8-4-10-20-15)12-14-6-2-5-13(11-14)7-3-9-17/h2,4-6,8,10-11,17H,9,12H2,1H3. The van der Waals surface area contributed by atoms with Crippen LogP contribution in [0.5, 0.6) is 0 Å². The molecule has 0 saturated heterocycles. The van der Waals surface area contributed by atoms with Crippen molar-refractivity contribution in [3.63, 3.8) is 0 Å². The Morgan fingerprint density at radius 1 is 1.29 bits per heavy atom. The summed E-state index contributed by atoms with van der Waals surface area (Å²) in [5, 5.41) is 10.4. The van der Waals surface area contributed by atoms with Crippen molar-refractivity contribution in [2.75, 3.05) is 13.7 Å². The number of sulfonamides is 1. The molecule has 2 rings (SSSR count). The first kappa shape index (κ1) is 15.7. The average molecular weight is 321 g/mol. The molecule has 6 heteroatoms. The van der Waals surface area contributed by atoms with Gasteiger partial charge in [0, 0.05) is 19.2 Å². The topological polar surface area (TPSA) is 57.6 Å². The molecule has 0 atom stereocenters. The Morgan fingerprint density at radius 2 is 2.10 bits per heavy atom. The predicted octanol–water partition coefficient (Wildman–Crippen LogP) is 1.91.